The summed E-state index contributed by atoms with van der Waals surface area (Å²) in [6, 6.07) is 8.68. The van der Waals surface area contributed by atoms with Gasteiger partial charge in [0.25, 0.3) is 0 Å². The van der Waals surface area contributed by atoms with Crippen molar-refractivity contribution >= 4 is 11.6 Å². The molecule has 1 N–H and O–H groups in total. The Morgan fingerprint density at radius 1 is 1.39 bits per heavy atom. The Morgan fingerprint density at radius 2 is 2.28 bits per heavy atom. The van der Waals surface area contributed by atoms with E-state index in [0.29, 0.717) is 6.04 Å². The van der Waals surface area contributed by atoms with E-state index in [1.807, 2.05) is 30.6 Å². The van der Waals surface area contributed by atoms with Gasteiger partial charge in [-0.15, -0.1) is 0 Å². The average molecular weight is 262 g/mol. The van der Waals surface area contributed by atoms with E-state index >= 15 is 0 Å². The molecule has 1 aromatic heterocycles. The molecule has 3 nitrogen and oxygen atoms in total. The summed E-state index contributed by atoms with van der Waals surface area (Å²) >= 11 is 6.00. The Labute approximate surface area is 112 Å². The molecule has 1 aromatic carbocycles. The normalized spacial score (nSPS) is 14.9. The largest absolute Gasteiger partial charge is 0.329 e. The second-order valence-corrected chi connectivity index (χ2v) is 5.19. The van der Waals surface area contributed by atoms with Crippen molar-refractivity contribution in [1.29, 1.82) is 0 Å². The van der Waals surface area contributed by atoms with Crippen LogP contribution in [0.1, 0.15) is 24.2 Å². The zero-order valence-electron chi connectivity index (χ0n) is 10.1. The Morgan fingerprint density at radius 3 is 3.06 bits per heavy atom. The van der Waals surface area contributed by atoms with Crippen LogP contribution in [0.4, 0.5) is 0 Å². The van der Waals surface area contributed by atoms with Crippen molar-refractivity contribution in [3.63, 3.8) is 0 Å². The SMILES string of the molecule is Clc1cccc(Cn2ccnc2CNC2CC2)c1. The highest BCUT2D eigenvalue weighted by Crippen LogP contribution is 2.19. The number of hydrogen-bond donors (Lipinski definition) is 1. The first-order chi connectivity index (χ1) is 8.81. The third-order valence-electron chi connectivity index (χ3n) is 3.17. The Hall–Kier alpha value is -1.32. The molecule has 0 radical (unpaired) electrons. The van der Waals surface area contributed by atoms with Gasteiger partial charge in [-0.05, 0) is 30.5 Å². The van der Waals surface area contributed by atoms with Crippen LogP contribution in [0.5, 0.6) is 0 Å². The lowest BCUT2D eigenvalue weighted by Gasteiger charge is -2.09. The number of nitrogens with zero attached hydrogens (tertiary/aromatic N) is 2. The van der Waals surface area contributed by atoms with E-state index in [4.69, 9.17) is 11.6 Å². The number of hydrogen-bond acceptors (Lipinski definition) is 2. The van der Waals surface area contributed by atoms with Crippen molar-refractivity contribution in [2.45, 2.75) is 32.0 Å². The summed E-state index contributed by atoms with van der Waals surface area (Å²) in [4.78, 5) is 4.40. The van der Waals surface area contributed by atoms with Gasteiger partial charge in [0.05, 0.1) is 6.54 Å². The minimum Gasteiger partial charge on any atom is -0.329 e. The highest BCUT2D eigenvalue weighted by Gasteiger charge is 2.20. The van der Waals surface area contributed by atoms with E-state index in [9.17, 15) is 0 Å². The third-order valence-corrected chi connectivity index (χ3v) is 3.40. The van der Waals surface area contributed by atoms with Gasteiger partial charge in [-0.25, -0.2) is 4.98 Å². The van der Waals surface area contributed by atoms with Crippen LogP contribution < -0.4 is 5.32 Å². The minimum absolute atomic E-state index is 0.710. The van der Waals surface area contributed by atoms with Crippen molar-refractivity contribution in [1.82, 2.24) is 14.9 Å². The Bertz CT molecular complexity index is 531. The summed E-state index contributed by atoms with van der Waals surface area (Å²) in [6.07, 6.45) is 6.48. The number of benzene rings is 1. The lowest BCUT2D eigenvalue weighted by Crippen LogP contribution is -2.19. The topological polar surface area (TPSA) is 29.9 Å². The number of rotatable bonds is 5. The molecule has 0 unspecified atom stereocenters. The number of halogens is 1. The van der Waals surface area contributed by atoms with Crippen molar-refractivity contribution in [3.8, 4) is 0 Å². The second kappa shape index (κ2) is 5.12. The van der Waals surface area contributed by atoms with Gasteiger partial charge in [0.2, 0.25) is 0 Å². The Balaban J connectivity index is 1.69. The predicted octanol–water partition coefficient (Wildman–Crippen LogP) is 2.84. The molecule has 1 aliphatic rings. The molecule has 0 bridgehead atoms. The molecule has 18 heavy (non-hydrogen) atoms. The van der Waals surface area contributed by atoms with Gasteiger partial charge in [0.15, 0.2) is 0 Å². The first kappa shape index (κ1) is 11.8. The van der Waals surface area contributed by atoms with Crippen molar-refractivity contribution in [2.75, 3.05) is 0 Å². The molecule has 94 valence electrons. The van der Waals surface area contributed by atoms with Crippen LogP contribution in [0.15, 0.2) is 36.7 Å². The van der Waals surface area contributed by atoms with Gasteiger partial charge in [-0.1, -0.05) is 23.7 Å². The standard InChI is InChI=1S/C14H16ClN3/c15-12-3-1-2-11(8-12)10-18-7-6-16-14(18)9-17-13-4-5-13/h1-3,6-8,13,17H,4-5,9-10H2. The van der Waals surface area contributed by atoms with Gasteiger partial charge in [-0.3, -0.25) is 0 Å². The molecule has 1 aliphatic carbocycles. The van der Waals surface area contributed by atoms with Gasteiger partial charge in [0.1, 0.15) is 5.82 Å². The average Bonchev–Trinajstić information content (AvgIpc) is 3.08. The molecule has 0 spiro atoms. The highest BCUT2D eigenvalue weighted by molar-refractivity contribution is 6.30. The molecule has 1 fully saturated rings. The molecule has 0 amide bonds. The van der Waals surface area contributed by atoms with Crippen LogP contribution in [-0.2, 0) is 13.1 Å². The molecular formula is C14H16ClN3. The number of aromatic nitrogens is 2. The number of imidazole rings is 1. The zero-order chi connectivity index (χ0) is 12.4. The smallest absolute Gasteiger partial charge is 0.122 e. The number of nitrogens with one attached hydrogen (secondary N) is 1. The van der Waals surface area contributed by atoms with Crippen molar-refractivity contribution < 1.29 is 0 Å². The van der Waals surface area contributed by atoms with E-state index < -0.39 is 0 Å². The first-order valence-corrected chi connectivity index (χ1v) is 6.67. The molecule has 1 heterocycles. The van der Waals surface area contributed by atoms with Gasteiger partial charge in [0, 0.05) is 30.0 Å². The van der Waals surface area contributed by atoms with Crippen molar-refractivity contribution in [2.24, 2.45) is 0 Å². The molecule has 2 aromatic rings. The van der Waals surface area contributed by atoms with Crippen LogP contribution in [0.3, 0.4) is 0 Å². The molecule has 0 saturated heterocycles. The molecule has 0 aliphatic heterocycles. The highest BCUT2D eigenvalue weighted by atomic mass is 35.5. The van der Waals surface area contributed by atoms with Crippen LogP contribution in [0.25, 0.3) is 0 Å². The van der Waals surface area contributed by atoms with E-state index in [0.717, 1.165) is 23.9 Å². The first-order valence-electron chi connectivity index (χ1n) is 6.29. The van der Waals surface area contributed by atoms with E-state index in [1.54, 1.807) is 0 Å². The zero-order valence-corrected chi connectivity index (χ0v) is 10.9. The second-order valence-electron chi connectivity index (χ2n) is 4.76. The molecule has 4 heteroatoms. The van der Waals surface area contributed by atoms with Gasteiger partial charge < -0.3 is 9.88 Å². The van der Waals surface area contributed by atoms with E-state index in [1.165, 1.54) is 18.4 Å². The molecular weight excluding hydrogens is 246 g/mol. The van der Waals surface area contributed by atoms with Crippen molar-refractivity contribution in [3.05, 3.63) is 53.1 Å². The fourth-order valence-electron chi connectivity index (χ4n) is 2.01. The van der Waals surface area contributed by atoms with Gasteiger partial charge >= 0.3 is 0 Å². The summed E-state index contributed by atoms with van der Waals surface area (Å²) in [5.41, 5.74) is 1.20. The third kappa shape index (κ3) is 2.92. The fraction of sp³-hybridized carbons (Fsp3) is 0.357. The lowest BCUT2D eigenvalue weighted by molar-refractivity contribution is 0.618. The van der Waals surface area contributed by atoms with E-state index in [2.05, 4.69) is 20.9 Å². The molecule has 3 rings (SSSR count). The summed E-state index contributed by atoms with van der Waals surface area (Å²) < 4.78 is 2.17. The predicted molar refractivity (Wildman–Crippen MR) is 72.6 cm³/mol. The molecule has 0 atom stereocenters. The maximum Gasteiger partial charge on any atom is 0.122 e. The lowest BCUT2D eigenvalue weighted by atomic mass is 10.2. The van der Waals surface area contributed by atoms with Crippen LogP contribution >= 0.6 is 11.6 Å². The summed E-state index contributed by atoms with van der Waals surface area (Å²) in [5.74, 6) is 1.09. The minimum atomic E-state index is 0.710. The summed E-state index contributed by atoms with van der Waals surface area (Å²) in [5, 5.41) is 4.27. The Kier molecular flexibility index (Phi) is 3.35. The summed E-state index contributed by atoms with van der Waals surface area (Å²) in [6.45, 7) is 1.67. The maximum absolute atomic E-state index is 6.00. The van der Waals surface area contributed by atoms with Gasteiger partial charge in [-0.2, -0.15) is 0 Å². The fourth-order valence-corrected chi connectivity index (χ4v) is 2.22. The van der Waals surface area contributed by atoms with E-state index in [-0.39, 0.29) is 0 Å². The van der Waals surface area contributed by atoms with Crippen LogP contribution in [0.2, 0.25) is 5.02 Å². The van der Waals surface area contributed by atoms with Crippen LogP contribution in [0, 0.1) is 0 Å². The quantitative estimate of drug-likeness (QED) is 0.897. The molecule has 1 saturated carbocycles. The monoisotopic (exact) mass is 261 g/mol. The van der Waals surface area contributed by atoms with Crippen LogP contribution in [-0.4, -0.2) is 15.6 Å². The summed E-state index contributed by atoms with van der Waals surface area (Å²) in [7, 11) is 0. The maximum atomic E-state index is 6.00.